The van der Waals surface area contributed by atoms with E-state index < -0.39 is 41.7 Å². The molecule has 0 saturated carbocycles. The molecule has 2 aliphatic heterocycles. The van der Waals surface area contributed by atoms with Gasteiger partial charge in [0.1, 0.15) is 11.5 Å². The first kappa shape index (κ1) is 30.6. The molecule has 3 heterocycles. The third-order valence-corrected chi connectivity index (χ3v) is 7.20. The summed E-state index contributed by atoms with van der Waals surface area (Å²) in [6, 6.07) is 6.63. The molecule has 1 amide bonds. The van der Waals surface area contributed by atoms with Crippen molar-refractivity contribution >= 4 is 18.3 Å². The van der Waals surface area contributed by atoms with Crippen molar-refractivity contribution in [3.8, 4) is 11.1 Å². The number of amides is 1. The molecule has 13 heteroatoms. The van der Waals surface area contributed by atoms with Crippen LogP contribution in [0.25, 0.3) is 11.1 Å². The van der Waals surface area contributed by atoms with Gasteiger partial charge in [-0.05, 0) is 65.9 Å². The van der Waals surface area contributed by atoms with Gasteiger partial charge < -0.3 is 14.8 Å². The highest BCUT2D eigenvalue weighted by molar-refractivity contribution is 6.00. The third kappa shape index (κ3) is 5.99. The Morgan fingerprint density at radius 1 is 0.902 bits per heavy atom. The van der Waals surface area contributed by atoms with Gasteiger partial charge in [-0.1, -0.05) is 19.1 Å². The molecule has 3 aromatic rings. The summed E-state index contributed by atoms with van der Waals surface area (Å²) in [5.74, 6) is -1.57. The number of halogens is 8. The second-order valence-corrected chi connectivity index (χ2v) is 10.2. The highest BCUT2D eigenvalue weighted by Crippen LogP contribution is 2.38. The zero-order chi connectivity index (χ0) is 29.0. The maximum atomic E-state index is 14.1. The predicted molar refractivity (Wildman–Crippen MR) is 139 cm³/mol. The van der Waals surface area contributed by atoms with E-state index in [0.29, 0.717) is 47.4 Å². The van der Waals surface area contributed by atoms with Gasteiger partial charge in [-0.3, -0.25) is 9.59 Å². The number of aromatic nitrogens is 1. The van der Waals surface area contributed by atoms with Crippen LogP contribution in [0.1, 0.15) is 45.2 Å². The van der Waals surface area contributed by atoms with Crippen LogP contribution in [0.3, 0.4) is 0 Å². The first-order chi connectivity index (χ1) is 18.7. The summed E-state index contributed by atoms with van der Waals surface area (Å²) in [4.78, 5) is 28.8. The van der Waals surface area contributed by atoms with Crippen molar-refractivity contribution in [3.63, 3.8) is 0 Å². The number of fused-ring (bicyclic) bond motifs is 2. The van der Waals surface area contributed by atoms with Crippen LogP contribution in [0.15, 0.2) is 47.3 Å². The molecule has 1 N–H and O–H groups in total. The number of carbonyl (C=O) groups excluding carboxylic acids is 1. The fourth-order valence-electron chi connectivity index (χ4n) is 5.48. The van der Waals surface area contributed by atoms with Gasteiger partial charge in [0, 0.05) is 37.3 Å². The van der Waals surface area contributed by atoms with Crippen LogP contribution < -0.4 is 10.9 Å². The lowest BCUT2D eigenvalue weighted by Gasteiger charge is -2.27. The minimum atomic E-state index is -5.03. The summed E-state index contributed by atoms with van der Waals surface area (Å²) in [5.41, 5.74) is -1.71. The fourth-order valence-corrected chi connectivity index (χ4v) is 5.48. The Kier molecular flexibility index (Phi) is 8.30. The zero-order valence-electron chi connectivity index (χ0n) is 21.6. The summed E-state index contributed by atoms with van der Waals surface area (Å²) in [6.45, 7) is 2.08. The van der Waals surface area contributed by atoms with Gasteiger partial charge in [-0.15, -0.1) is 12.4 Å². The Morgan fingerprint density at radius 2 is 1.51 bits per heavy atom. The number of hydrogen-bond acceptors (Lipinski definition) is 3. The van der Waals surface area contributed by atoms with E-state index in [4.69, 9.17) is 0 Å². The summed E-state index contributed by atoms with van der Waals surface area (Å²) in [7, 11) is 0. The highest BCUT2D eigenvalue weighted by Gasteiger charge is 2.38. The summed E-state index contributed by atoms with van der Waals surface area (Å²) >= 11 is 0. The van der Waals surface area contributed by atoms with Crippen LogP contribution in [-0.2, 0) is 38.4 Å². The maximum Gasteiger partial charge on any atom is 0.416 e. The molecule has 0 saturated heterocycles. The van der Waals surface area contributed by atoms with Crippen LogP contribution in [0.4, 0.5) is 30.7 Å². The molecule has 2 aromatic carbocycles. The number of nitrogens with zero attached hydrogens (tertiary/aromatic N) is 2. The van der Waals surface area contributed by atoms with Crippen LogP contribution in [-0.4, -0.2) is 28.5 Å². The fraction of sp³-hybridized carbons (Fsp3) is 0.357. The summed E-state index contributed by atoms with van der Waals surface area (Å²) in [5, 5.41) is 3.14. The number of benzene rings is 2. The molecule has 220 valence electrons. The Bertz CT molecular complexity index is 1500. The molecule has 1 aromatic heterocycles. The van der Waals surface area contributed by atoms with E-state index in [0.717, 1.165) is 0 Å². The van der Waals surface area contributed by atoms with Gasteiger partial charge in [0.2, 0.25) is 0 Å². The van der Waals surface area contributed by atoms with E-state index >= 15 is 0 Å². The Balaban J connectivity index is 0.00000387. The molecular formula is C28H25ClF7N3O2. The van der Waals surface area contributed by atoms with Crippen molar-refractivity contribution in [2.75, 3.05) is 13.1 Å². The number of rotatable bonds is 3. The number of nitrogens with one attached hydrogen (secondary N) is 1. The van der Waals surface area contributed by atoms with E-state index in [1.165, 1.54) is 33.7 Å². The number of alkyl halides is 6. The second kappa shape index (κ2) is 11.1. The largest absolute Gasteiger partial charge is 0.416 e. The normalized spacial score (nSPS) is 17.4. The van der Waals surface area contributed by atoms with Gasteiger partial charge in [0.25, 0.3) is 11.5 Å². The van der Waals surface area contributed by atoms with E-state index in [1.807, 2.05) is 0 Å². The molecule has 5 rings (SSSR count). The maximum absolute atomic E-state index is 14.1. The standard InChI is InChI=1S/C28H24F7N3O2.ClH/c1-15-12-37(14-16-8-18(27(30,31)32)10-19(9-16)28(33,34)35)26(40)24-23(17-2-4-20(29)5-3-17)21-6-7-36-11-22(21)25(39)38(24)13-15;/h2-5,8-10,15,36H,6-7,11-14H2,1H3;1H/t15-;/m0./s1. The van der Waals surface area contributed by atoms with Crippen LogP contribution in [0.2, 0.25) is 0 Å². The van der Waals surface area contributed by atoms with Crippen molar-refractivity contribution in [1.29, 1.82) is 0 Å². The van der Waals surface area contributed by atoms with E-state index in [9.17, 15) is 40.3 Å². The zero-order valence-corrected chi connectivity index (χ0v) is 22.4. The molecule has 5 nitrogen and oxygen atoms in total. The monoisotopic (exact) mass is 603 g/mol. The minimum absolute atomic E-state index is 0. The average Bonchev–Trinajstić information content (AvgIpc) is 3.00. The highest BCUT2D eigenvalue weighted by atomic mass is 35.5. The Morgan fingerprint density at radius 3 is 2.10 bits per heavy atom. The number of hydrogen-bond donors (Lipinski definition) is 1. The Labute approximate surface area is 236 Å². The molecule has 2 aliphatic rings. The smallest absolute Gasteiger partial charge is 0.333 e. The summed E-state index contributed by atoms with van der Waals surface area (Å²) < 4.78 is 95.9. The predicted octanol–water partition coefficient (Wildman–Crippen LogP) is 6.05. The van der Waals surface area contributed by atoms with Crippen LogP contribution in [0.5, 0.6) is 0 Å². The first-order valence-electron chi connectivity index (χ1n) is 12.6. The number of pyridine rings is 1. The topological polar surface area (TPSA) is 54.3 Å². The van der Waals surface area contributed by atoms with Crippen LogP contribution in [0, 0.1) is 11.7 Å². The molecule has 0 bridgehead atoms. The van der Waals surface area contributed by atoms with Gasteiger partial charge >= 0.3 is 12.4 Å². The van der Waals surface area contributed by atoms with Crippen molar-refractivity contribution in [3.05, 3.63) is 92.1 Å². The van der Waals surface area contributed by atoms with Crippen molar-refractivity contribution < 1.29 is 35.5 Å². The van der Waals surface area contributed by atoms with E-state index in [2.05, 4.69) is 5.32 Å². The van der Waals surface area contributed by atoms with Crippen molar-refractivity contribution in [1.82, 2.24) is 14.8 Å². The minimum Gasteiger partial charge on any atom is -0.333 e. The van der Waals surface area contributed by atoms with Crippen LogP contribution >= 0.6 is 12.4 Å². The van der Waals surface area contributed by atoms with E-state index in [-0.39, 0.29) is 60.8 Å². The second-order valence-electron chi connectivity index (χ2n) is 10.2. The summed E-state index contributed by atoms with van der Waals surface area (Å²) in [6.07, 6.45) is -9.67. The quantitative estimate of drug-likeness (QED) is 0.371. The Hall–Kier alpha value is -3.38. The lowest BCUT2D eigenvalue weighted by molar-refractivity contribution is -0.143. The average molecular weight is 604 g/mol. The molecule has 0 unspecified atom stereocenters. The van der Waals surface area contributed by atoms with Gasteiger partial charge in [0.15, 0.2) is 0 Å². The lowest BCUT2D eigenvalue weighted by atomic mass is 9.90. The van der Waals surface area contributed by atoms with Gasteiger partial charge in [0.05, 0.1) is 11.1 Å². The molecule has 0 spiro atoms. The molecule has 0 radical (unpaired) electrons. The molecule has 41 heavy (non-hydrogen) atoms. The third-order valence-electron chi connectivity index (χ3n) is 7.20. The van der Waals surface area contributed by atoms with Crippen molar-refractivity contribution in [2.24, 2.45) is 5.92 Å². The lowest BCUT2D eigenvalue weighted by Crippen LogP contribution is -2.38. The number of carbonyl (C=O) groups is 1. The van der Waals surface area contributed by atoms with Gasteiger partial charge in [-0.25, -0.2) is 4.39 Å². The molecule has 1 atom stereocenters. The molecular weight excluding hydrogens is 579 g/mol. The first-order valence-corrected chi connectivity index (χ1v) is 12.6. The van der Waals surface area contributed by atoms with Crippen molar-refractivity contribution in [2.45, 2.75) is 45.3 Å². The molecule has 0 aliphatic carbocycles. The van der Waals surface area contributed by atoms with E-state index in [1.54, 1.807) is 6.92 Å². The molecule has 0 fully saturated rings. The SMILES string of the molecule is C[C@H]1CN(Cc2cc(C(F)(F)F)cc(C(F)(F)F)c2)C(=O)c2c(-c3ccc(F)cc3)c3c(c(=O)n2C1)CNCC3.Cl. The van der Waals surface area contributed by atoms with Gasteiger partial charge in [-0.2, -0.15) is 26.3 Å².